The molecule has 4 fully saturated rings. The second kappa shape index (κ2) is 11.2. The zero-order valence-corrected chi connectivity index (χ0v) is 28.6. The largest absolute Gasteiger partial charge is 0.494 e. The highest BCUT2D eigenvalue weighted by atomic mass is 16.5. The number of fused-ring (bicyclic) bond motifs is 4. The summed E-state index contributed by atoms with van der Waals surface area (Å²) in [6.45, 7) is 5.70. The van der Waals surface area contributed by atoms with Gasteiger partial charge in [0.1, 0.15) is 19.1 Å². The van der Waals surface area contributed by atoms with Crippen molar-refractivity contribution in [2.75, 3.05) is 26.7 Å². The van der Waals surface area contributed by atoms with Crippen molar-refractivity contribution in [3.8, 4) is 17.3 Å². The number of rotatable bonds is 8. The van der Waals surface area contributed by atoms with E-state index in [1.54, 1.807) is 7.11 Å². The monoisotopic (exact) mass is 654 g/mol. The standard InChI is InChI=1S/C39H43BN6O3/c1-23-7-11-26(12-8-23)37(47)43-18-25(19-43)21-46-35-30(42-36(46)32-16-27-5-3-4-6-31(27)44(32)20-24-9-10-24)15-28(17-33(35)49-2)38(48)45-22-29-13-14-34(45)39(29,40)41/h3-8,11-12,15-17,24-25,29,34H,9-10,13-14,18-22,40-41H2,1-2H3. The van der Waals surface area contributed by atoms with Crippen LogP contribution in [0.5, 0.6) is 5.75 Å². The lowest BCUT2D eigenvalue weighted by atomic mass is 9.71. The van der Waals surface area contributed by atoms with E-state index in [4.69, 9.17) is 15.5 Å². The molecule has 3 unspecified atom stereocenters. The van der Waals surface area contributed by atoms with Crippen LogP contribution in [0.4, 0.5) is 0 Å². The number of nitrogens with zero attached hydrogens (tertiary/aromatic N) is 5. The fourth-order valence-electron chi connectivity index (χ4n) is 8.81. The Hall–Kier alpha value is -4.57. The zero-order valence-electron chi connectivity index (χ0n) is 28.6. The Balaban J connectivity index is 1.11. The zero-order chi connectivity index (χ0) is 33.6. The molecule has 0 spiro atoms. The summed E-state index contributed by atoms with van der Waals surface area (Å²) in [4.78, 5) is 36.6. The molecule has 2 aliphatic heterocycles. The van der Waals surface area contributed by atoms with E-state index in [9.17, 15) is 9.59 Å². The first-order chi connectivity index (χ1) is 23.7. The van der Waals surface area contributed by atoms with E-state index in [0.29, 0.717) is 49.3 Å². The minimum atomic E-state index is -0.356. The third-order valence-corrected chi connectivity index (χ3v) is 11.9. The average Bonchev–Trinajstić information content (AvgIpc) is 3.54. The molecule has 10 heteroatoms. The minimum absolute atomic E-state index is 0.00715. The lowest BCUT2D eigenvalue weighted by Gasteiger charge is -2.40. The van der Waals surface area contributed by atoms with Gasteiger partial charge in [-0.15, -0.1) is 0 Å². The molecule has 2 N–H and O–H groups in total. The van der Waals surface area contributed by atoms with Crippen LogP contribution in [-0.2, 0) is 13.1 Å². The summed E-state index contributed by atoms with van der Waals surface area (Å²) in [7, 11) is 3.77. The van der Waals surface area contributed by atoms with Gasteiger partial charge in [-0.1, -0.05) is 35.9 Å². The maximum absolute atomic E-state index is 14.1. The first kappa shape index (κ1) is 30.5. The lowest BCUT2D eigenvalue weighted by Crippen LogP contribution is -2.52. The van der Waals surface area contributed by atoms with E-state index >= 15 is 0 Å². The van der Waals surface area contributed by atoms with Crippen molar-refractivity contribution in [3.05, 3.63) is 83.4 Å². The predicted molar refractivity (Wildman–Crippen MR) is 194 cm³/mol. The number of aryl methyl sites for hydroxylation is 1. The Bertz CT molecular complexity index is 2120. The lowest BCUT2D eigenvalue weighted by molar-refractivity contribution is 0.0471. The first-order valence-electron chi connectivity index (χ1n) is 17.8. The Labute approximate surface area is 287 Å². The minimum Gasteiger partial charge on any atom is -0.494 e. The van der Waals surface area contributed by atoms with Crippen molar-refractivity contribution in [1.29, 1.82) is 0 Å². The number of hydrogen-bond donors (Lipinski definition) is 1. The quantitative estimate of drug-likeness (QED) is 0.245. The molecular formula is C39H43BN6O3. The molecule has 3 atom stereocenters. The molecule has 3 aromatic carbocycles. The van der Waals surface area contributed by atoms with Gasteiger partial charge in [0.2, 0.25) is 0 Å². The number of hydrogen-bond acceptors (Lipinski definition) is 5. The summed E-state index contributed by atoms with van der Waals surface area (Å²) in [5, 5.41) is 1.19. The van der Waals surface area contributed by atoms with Crippen LogP contribution in [0.2, 0.25) is 0 Å². The van der Waals surface area contributed by atoms with Gasteiger partial charge in [-0.3, -0.25) is 9.59 Å². The fraction of sp³-hybridized carbons (Fsp3) is 0.410. The van der Waals surface area contributed by atoms with Crippen molar-refractivity contribution >= 4 is 41.6 Å². The van der Waals surface area contributed by atoms with E-state index in [2.05, 4.69) is 47.3 Å². The smallest absolute Gasteiger partial charge is 0.254 e. The first-order valence-corrected chi connectivity index (χ1v) is 17.8. The molecule has 5 aromatic rings. The second-order valence-electron chi connectivity index (χ2n) is 15.3. The highest BCUT2D eigenvalue weighted by Gasteiger charge is 2.54. The van der Waals surface area contributed by atoms with Gasteiger partial charge in [0.15, 0.2) is 5.82 Å². The van der Waals surface area contributed by atoms with Crippen LogP contribution in [0, 0.1) is 24.7 Å². The summed E-state index contributed by atoms with van der Waals surface area (Å²) < 4.78 is 10.8. The summed E-state index contributed by atoms with van der Waals surface area (Å²) in [5.41, 5.74) is 12.7. The molecular weight excluding hydrogens is 611 g/mol. The van der Waals surface area contributed by atoms with E-state index < -0.39 is 0 Å². The van der Waals surface area contributed by atoms with Gasteiger partial charge in [0, 0.05) is 72.2 Å². The Morgan fingerprint density at radius 2 is 1.65 bits per heavy atom. The molecule has 9 nitrogen and oxygen atoms in total. The summed E-state index contributed by atoms with van der Waals surface area (Å²) in [6.07, 6.45) is 4.50. The third-order valence-electron chi connectivity index (χ3n) is 11.9. The van der Waals surface area contributed by atoms with Gasteiger partial charge in [-0.2, -0.15) is 0 Å². The highest BCUT2D eigenvalue weighted by Crippen LogP contribution is 2.44. The van der Waals surface area contributed by atoms with Gasteiger partial charge in [0.05, 0.1) is 18.3 Å². The SMILES string of the molecule is BC1(N)C2CCC1N(C(=O)c1cc(OC)c3c(c1)nc(-c1cc4ccccc4n1CC1CC1)n3CC1CN(C(=O)c3ccc(C)cc3)C1)C2. The van der Waals surface area contributed by atoms with Gasteiger partial charge in [0.25, 0.3) is 11.8 Å². The molecule has 2 bridgehead atoms. The van der Waals surface area contributed by atoms with Crippen LogP contribution in [0.1, 0.15) is 52.0 Å². The van der Waals surface area contributed by atoms with Crippen molar-refractivity contribution in [3.63, 3.8) is 0 Å². The maximum atomic E-state index is 14.1. The second-order valence-corrected chi connectivity index (χ2v) is 15.3. The summed E-state index contributed by atoms with van der Waals surface area (Å²) in [6, 6.07) is 22.5. The van der Waals surface area contributed by atoms with E-state index in [0.717, 1.165) is 53.1 Å². The van der Waals surface area contributed by atoms with Crippen molar-refractivity contribution in [1.82, 2.24) is 23.9 Å². The molecule has 0 radical (unpaired) electrons. The van der Waals surface area contributed by atoms with E-state index in [-0.39, 0.29) is 29.2 Å². The van der Waals surface area contributed by atoms with E-state index in [1.165, 1.54) is 23.7 Å². The molecule has 250 valence electrons. The fourth-order valence-corrected chi connectivity index (χ4v) is 8.81. The third kappa shape index (κ3) is 4.97. The Morgan fingerprint density at radius 1 is 0.898 bits per heavy atom. The van der Waals surface area contributed by atoms with Crippen LogP contribution >= 0.6 is 0 Å². The van der Waals surface area contributed by atoms with Crippen LogP contribution in [0.3, 0.4) is 0 Å². The Kier molecular flexibility index (Phi) is 6.99. The molecule has 4 aliphatic rings. The van der Waals surface area contributed by atoms with Crippen molar-refractivity contribution < 1.29 is 14.3 Å². The number of piperidine rings is 1. The number of para-hydroxylation sites is 1. The number of imidazole rings is 1. The number of aromatic nitrogens is 3. The molecule has 2 aliphatic carbocycles. The number of benzene rings is 3. The van der Waals surface area contributed by atoms with Crippen LogP contribution < -0.4 is 10.5 Å². The molecule has 9 rings (SSSR count). The summed E-state index contributed by atoms with van der Waals surface area (Å²) in [5.74, 6) is 2.81. The predicted octanol–water partition coefficient (Wildman–Crippen LogP) is 4.68. The van der Waals surface area contributed by atoms with Crippen molar-refractivity contribution in [2.45, 2.75) is 57.2 Å². The van der Waals surface area contributed by atoms with E-state index in [1.807, 2.05) is 53.1 Å². The number of carbonyl (C=O) groups is 2. The van der Waals surface area contributed by atoms with Gasteiger partial charge < -0.3 is 29.4 Å². The maximum Gasteiger partial charge on any atom is 0.254 e. The highest BCUT2D eigenvalue weighted by molar-refractivity contribution is 6.17. The average molecular weight is 655 g/mol. The van der Waals surface area contributed by atoms with Crippen molar-refractivity contribution in [2.24, 2.45) is 23.5 Å². The number of nitrogens with two attached hydrogens (primary N) is 1. The molecule has 49 heavy (non-hydrogen) atoms. The molecule has 4 heterocycles. The van der Waals surface area contributed by atoms with Gasteiger partial charge in [-0.05, 0) is 80.8 Å². The van der Waals surface area contributed by atoms with Crippen LogP contribution in [-0.4, -0.2) is 81.8 Å². The van der Waals surface area contributed by atoms with Gasteiger partial charge >= 0.3 is 0 Å². The van der Waals surface area contributed by atoms with Gasteiger partial charge in [-0.25, -0.2) is 4.98 Å². The topological polar surface area (TPSA) is 98.6 Å². The molecule has 2 amide bonds. The number of amides is 2. The van der Waals surface area contributed by atoms with Crippen LogP contribution in [0.25, 0.3) is 33.5 Å². The Morgan fingerprint density at radius 3 is 2.35 bits per heavy atom. The molecule has 2 saturated heterocycles. The number of carbonyl (C=O) groups excluding carboxylic acids is 2. The summed E-state index contributed by atoms with van der Waals surface area (Å²) >= 11 is 0. The normalized spacial score (nSPS) is 23.5. The molecule has 2 aromatic heterocycles. The number of ether oxygens (including phenoxy) is 1. The van der Waals surface area contributed by atoms with Crippen LogP contribution in [0.15, 0.2) is 66.7 Å². The molecule has 2 saturated carbocycles. The number of methoxy groups -OCH3 is 1. The number of likely N-dealkylation sites (tertiary alicyclic amines) is 2.